The Bertz CT molecular complexity index is 558. The third kappa shape index (κ3) is 2.38. The van der Waals surface area contributed by atoms with Crippen molar-refractivity contribution in [2.75, 3.05) is 0 Å². The lowest BCUT2D eigenvalue weighted by Gasteiger charge is -2.29. The molecule has 1 fully saturated rings. The molecule has 3 rings (SSSR count). The summed E-state index contributed by atoms with van der Waals surface area (Å²) in [4.78, 5) is 8.70. The first kappa shape index (κ1) is 12.3. The van der Waals surface area contributed by atoms with E-state index in [9.17, 15) is 0 Å². The van der Waals surface area contributed by atoms with Gasteiger partial charge in [-0.25, -0.2) is 0 Å². The molecule has 1 aromatic carbocycles. The molecule has 0 amide bonds. The van der Waals surface area contributed by atoms with Crippen LogP contribution in [0.1, 0.15) is 53.7 Å². The van der Waals surface area contributed by atoms with Crippen molar-refractivity contribution in [3.05, 3.63) is 59.2 Å². The molecule has 1 unspecified atom stereocenters. The Morgan fingerprint density at radius 3 is 2.58 bits per heavy atom. The Kier molecular flexibility index (Phi) is 3.30. The highest BCUT2D eigenvalue weighted by Crippen LogP contribution is 2.39. The Balaban J connectivity index is 1.94. The van der Waals surface area contributed by atoms with E-state index in [0.717, 1.165) is 11.4 Å². The smallest absolute Gasteiger partial charge is 0.0799 e. The molecule has 98 valence electrons. The monoisotopic (exact) mass is 253 g/mol. The number of nitrogens with zero attached hydrogens (tertiary/aromatic N) is 2. The van der Waals surface area contributed by atoms with Crippen LogP contribution < -0.4 is 5.73 Å². The van der Waals surface area contributed by atoms with Gasteiger partial charge in [-0.15, -0.1) is 0 Å². The summed E-state index contributed by atoms with van der Waals surface area (Å²) >= 11 is 0. The summed E-state index contributed by atoms with van der Waals surface area (Å²) in [5.41, 5.74) is 10.7. The minimum Gasteiger partial charge on any atom is -0.319 e. The summed E-state index contributed by atoms with van der Waals surface area (Å²) in [5.74, 6) is 0.681. The van der Waals surface area contributed by atoms with E-state index in [0.29, 0.717) is 5.92 Å². The van der Waals surface area contributed by atoms with Crippen LogP contribution in [0.15, 0.2) is 36.7 Å². The molecule has 1 saturated carbocycles. The maximum absolute atomic E-state index is 6.38. The molecule has 0 saturated heterocycles. The van der Waals surface area contributed by atoms with Crippen molar-refractivity contribution < 1.29 is 0 Å². The van der Waals surface area contributed by atoms with Gasteiger partial charge in [-0.05, 0) is 36.8 Å². The molecular formula is C16H19N3. The van der Waals surface area contributed by atoms with E-state index in [1.165, 1.54) is 30.4 Å². The first-order valence-electron chi connectivity index (χ1n) is 6.88. The minimum absolute atomic E-state index is 0.176. The van der Waals surface area contributed by atoms with Crippen LogP contribution in [-0.2, 0) is 0 Å². The van der Waals surface area contributed by atoms with Gasteiger partial charge in [-0.1, -0.05) is 30.7 Å². The van der Waals surface area contributed by atoms with Crippen LogP contribution in [0.25, 0.3) is 0 Å². The third-order valence-electron chi connectivity index (χ3n) is 4.00. The maximum atomic E-state index is 6.38. The standard InChI is InChI=1S/C16H19N3/c1-11-9-19-15(10-18-11)16(17)14-8-3-2-7-13(14)12-5-4-6-12/h2-3,7-10,12,16H,4-6,17H2,1H3. The summed E-state index contributed by atoms with van der Waals surface area (Å²) < 4.78 is 0. The third-order valence-corrected chi connectivity index (χ3v) is 4.00. The Hall–Kier alpha value is -1.74. The number of nitrogens with two attached hydrogens (primary N) is 1. The predicted octanol–water partition coefficient (Wildman–Crippen LogP) is 3.10. The average Bonchev–Trinajstić information content (AvgIpc) is 2.37. The van der Waals surface area contributed by atoms with Crippen LogP contribution in [0.3, 0.4) is 0 Å². The highest BCUT2D eigenvalue weighted by atomic mass is 14.8. The SMILES string of the molecule is Cc1cnc(C(N)c2ccccc2C2CCC2)cn1. The normalized spacial score (nSPS) is 16.9. The van der Waals surface area contributed by atoms with Crippen LogP contribution in [-0.4, -0.2) is 9.97 Å². The van der Waals surface area contributed by atoms with Crippen LogP contribution in [0.5, 0.6) is 0 Å². The quantitative estimate of drug-likeness (QED) is 0.914. The fraction of sp³-hybridized carbons (Fsp3) is 0.375. The van der Waals surface area contributed by atoms with Gasteiger partial charge in [0.15, 0.2) is 0 Å². The molecule has 1 aliphatic rings. The molecule has 1 aromatic heterocycles. The number of benzene rings is 1. The zero-order chi connectivity index (χ0) is 13.2. The lowest BCUT2D eigenvalue weighted by Crippen LogP contribution is -2.19. The highest BCUT2D eigenvalue weighted by Gasteiger charge is 2.24. The van der Waals surface area contributed by atoms with E-state index < -0.39 is 0 Å². The molecule has 1 heterocycles. The zero-order valence-electron chi connectivity index (χ0n) is 11.2. The van der Waals surface area contributed by atoms with Gasteiger partial charge in [0.05, 0.1) is 23.6 Å². The summed E-state index contributed by atoms with van der Waals surface area (Å²) in [6.07, 6.45) is 7.46. The molecule has 0 aliphatic heterocycles. The van der Waals surface area contributed by atoms with Gasteiger partial charge in [0.1, 0.15) is 0 Å². The number of hydrogen-bond donors (Lipinski definition) is 1. The van der Waals surface area contributed by atoms with Crippen molar-refractivity contribution in [3.8, 4) is 0 Å². The van der Waals surface area contributed by atoms with Crippen LogP contribution in [0.2, 0.25) is 0 Å². The molecule has 3 heteroatoms. The van der Waals surface area contributed by atoms with Crippen molar-refractivity contribution in [2.24, 2.45) is 5.73 Å². The second-order valence-electron chi connectivity index (χ2n) is 5.32. The Labute approximate surface area is 113 Å². The Morgan fingerprint density at radius 1 is 1.16 bits per heavy atom. The summed E-state index contributed by atoms with van der Waals surface area (Å²) in [7, 11) is 0. The van der Waals surface area contributed by atoms with E-state index in [1.54, 1.807) is 12.4 Å². The number of rotatable bonds is 3. The van der Waals surface area contributed by atoms with Crippen molar-refractivity contribution in [1.82, 2.24) is 9.97 Å². The molecule has 0 radical (unpaired) electrons. The van der Waals surface area contributed by atoms with Crippen LogP contribution in [0.4, 0.5) is 0 Å². The number of hydrogen-bond acceptors (Lipinski definition) is 3. The highest BCUT2D eigenvalue weighted by molar-refractivity contribution is 5.37. The molecule has 1 atom stereocenters. The fourth-order valence-electron chi connectivity index (χ4n) is 2.61. The summed E-state index contributed by atoms with van der Waals surface area (Å²) in [5, 5.41) is 0. The van der Waals surface area contributed by atoms with E-state index in [1.807, 2.05) is 6.92 Å². The van der Waals surface area contributed by atoms with Crippen molar-refractivity contribution in [3.63, 3.8) is 0 Å². The molecule has 1 aliphatic carbocycles. The average molecular weight is 253 g/mol. The number of aromatic nitrogens is 2. The lowest BCUT2D eigenvalue weighted by molar-refractivity contribution is 0.416. The van der Waals surface area contributed by atoms with Crippen molar-refractivity contribution in [1.29, 1.82) is 0 Å². The van der Waals surface area contributed by atoms with E-state index in [-0.39, 0.29) is 6.04 Å². The number of aryl methyl sites for hydroxylation is 1. The fourth-order valence-corrected chi connectivity index (χ4v) is 2.61. The summed E-state index contributed by atoms with van der Waals surface area (Å²) in [6, 6.07) is 8.31. The van der Waals surface area contributed by atoms with E-state index in [2.05, 4.69) is 34.2 Å². The van der Waals surface area contributed by atoms with Gasteiger partial charge >= 0.3 is 0 Å². The van der Waals surface area contributed by atoms with E-state index >= 15 is 0 Å². The van der Waals surface area contributed by atoms with Gasteiger partial charge in [-0.3, -0.25) is 9.97 Å². The van der Waals surface area contributed by atoms with Gasteiger partial charge in [0.25, 0.3) is 0 Å². The predicted molar refractivity (Wildman–Crippen MR) is 75.8 cm³/mol. The molecule has 2 N–H and O–H groups in total. The molecular weight excluding hydrogens is 234 g/mol. The van der Waals surface area contributed by atoms with Gasteiger partial charge in [0, 0.05) is 6.20 Å². The summed E-state index contributed by atoms with van der Waals surface area (Å²) in [6.45, 7) is 1.94. The maximum Gasteiger partial charge on any atom is 0.0799 e. The molecule has 19 heavy (non-hydrogen) atoms. The second-order valence-corrected chi connectivity index (χ2v) is 5.32. The lowest BCUT2D eigenvalue weighted by atomic mass is 9.77. The first-order chi connectivity index (χ1) is 9.25. The zero-order valence-corrected chi connectivity index (χ0v) is 11.2. The first-order valence-corrected chi connectivity index (χ1v) is 6.88. The van der Waals surface area contributed by atoms with Crippen molar-refractivity contribution in [2.45, 2.75) is 38.1 Å². The minimum atomic E-state index is -0.176. The molecule has 0 bridgehead atoms. The van der Waals surface area contributed by atoms with E-state index in [4.69, 9.17) is 5.73 Å². The Morgan fingerprint density at radius 2 is 1.95 bits per heavy atom. The van der Waals surface area contributed by atoms with Gasteiger partial charge in [0.2, 0.25) is 0 Å². The molecule has 2 aromatic rings. The largest absolute Gasteiger partial charge is 0.319 e. The molecule has 0 spiro atoms. The van der Waals surface area contributed by atoms with Crippen LogP contribution in [0, 0.1) is 6.92 Å². The van der Waals surface area contributed by atoms with Crippen LogP contribution >= 0.6 is 0 Å². The van der Waals surface area contributed by atoms with Gasteiger partial charge in [-0.2, -0.15) is 0 Å². The molecule has 3 nitrogen and oxygen atoms in total. The van der Waals surface area contributed by atoms with Crippen molar-refractivity contribution >= 4 is 0 Å². The van der Waals surface area contributed by atoms with Gasteiger partial charge < -0.3 is 5.73 Å². The second kappa shape index (κ2) is 5.10. The topological polar surface area (TPSA) is 51.8 Å².